The van der Waals surface area contributed by atoms with Crippen molar-refractivity contribution in [2.75, 3.05) is 5.73 Å². The zero-order valence-corrected chi connectivity index (χ0v) is 10.8. The summed E-state index contributed by atoms with van der Waals surface area (Å²) in [4.78, 5) is 4.10. The molecule has 0 saturated carbocycles. The second-order valence-electron chi connectivity index (χ2n) is 5.15. The molecule has 0 radical (unpaired) electrons. The van der Waals surface area contributed by atoms with Gasteiger partial charge in [0.1, 0.15) is 11.4 Å². The summed E-state index contributed by atoms with van der Waals surface area (Å²) in [6, 6.07) is 9.39. The van der Waals surface area contributed by atoms with E-state index >= 15 is 0 Å². The zero-order chi connectivity index (χ0) is 13.6. The molecule has 4 nitrogen and oxygen atoms in total. The van der Waals surface area contributed by atoms with E-state index in [-0.39, 0.29) is 6.04 Å². The molecule has 5 N–H and O–H groups in total. The number of aryl methyl sites for hydroxylation is 1. The first-order valence-corrected chi connectivity index (χ1v) is 6.33. The molecule has 0 bridgehead atoms. The predicted molar refractivity (Wildman–Crippen MR) is 74.4 cm³/mol. The van der Waals surface area contributed by atoms with Crippen LogP contribution < -0.4 is 11.5 Å². The number of aliphatic hydroxyl groups is 1. The van der Waals surface area contributed by atoms with Crippen molar-refractivity contribution < 1.29 is 5.11 Å². The van der Waals surface area contributed by atoms with Crippen LogP contribution in [0.2, 0.25) is 0 Å². The van der Waals surface area contributed by atoms with Gasteiger partial charge in [-0.3, -0.25) is 0 Å². The number of hydrogen-bond donors (Lipinski definition) is 3. The number of nitrogens with two attached hydrogens (primary N) is 2. The Morgan fingerprint density at radius 2 is 2.05 bits per heavy atom. The van der Waals surface area contributed by atoms with Crippen molar-refractivity contribution in [1.29, 1.82) is 0 Å². The highest BCUT2D eigenvalue weighted by atomic mass is 16.3. The summed E-state index contributed by atoms with van der Waals surface area (Å²) in [5.41, 5.74) is 14.4. The van der Waals surface area contributed by atoms with Crippen molar-refractivity contribution in [3.8, 4) is 0 Å². The van der Waals surface area contributed by atoms with E-state index in [9.17, 15) is 5.11 Å². The maximum atomic E-state index is 11.1. The molecule has 2 unspecified atom stereocenters. The lowest BCUT2D eigenvalue weighted by Crippen LogP contribution is -2.28. The van der Waals surface area contributed by atoms with Gasteiger partial charge in [-0.25, -0.2) is 4.98 Å². The first-order valence-electron chi connectivity index (χ1n) is 6.33. The van der Waals surface area contributed by atoms with Crippen molar-refractivity contribution >= 4 is 5.82 Å². The van der Waals surface area contributed by atoms with Crippen LogP contribution >= 0.6 is 0 Å². The molecular formula is C15H17N3O. The largest absolute Gasteiger partial charge is 0.383 e. The second-order valence-corrected chi connectivity index (χ2v) is 5.15. The Kier molecular flexibility index (Phi) is 2.59. The Bertz CT molecular complexity index is 621. The van der Waals surface area contributed by atoms with Crippen LogP contribution in [0, 0.1) is 6.92 Å². The van der Waals surface area contributed by atoms with Gasteiger partial charge < -0.3 is 16.6 Å². The summed E-state index contributed by atoms with van der Waals surface area (Å²) in [5.74, 6) is 0.367. The number of hydrogen-bond acceptors (Lipinski definition) is 4. The first kappa shape index (κ1) is 12.1. The van der Waals surface area contributed by atoms with E-state index in [1.165, 1.54) is 0 Å². The van der Waals surface area contributed by atoms with Crippen LogP contribution in [0.3, 0.4) is 0 Å². The molecule has 98 valence electrons. The fourth-order valence-electron chi connectivity index (χ4n) is 3.09. The van der Waals surface area contributed by atoms with Crippen LogP contribution in [0.1, 0.15) is 34.7 Å². The normalized spacial score (nSPS) is 25.3. The number of anilines is 1. The molecule has 3 rings (SSSR count). The van der Waals surface area contributed by atoms with Gasteiger partial charge in [-0.15, -0.1) is 0 Å². The zero-order valence-electron chi connectivity index (χ0n) is 10.8. The van der Waals surface area contributed by atoms with Gasteiger partial charge in [-0.1, -0.05) is 24.3 Å². The molecule has 1 aliphatic rings. The van der Waals surface area contributed by atoms with Gasteiger partial charge in [0, 0.05) is 24.2 Å². The van der Waals surface area contributed by atoms with E-state index in [4.69, 9.17) is 11.5 Å². The minimum atomic E-state index is -1.14. The van der Waals surface area contributed by atoms with Crippen LogP contribution in [0.25, 0.3) is 0 Å². The molecule has 0 spiro atoms. The summed E-state index contributed by atoms with van der Waals surface area (Å²) in [6.07, 6.45) is 2.08. The molecule has 19 heavy (non-hydrogen) atoms. The fraction of sp³-hybridized carbons (Fsp3) is 0.267. The summed E-state index contributed by atoms with van der Waals surface area (Å²) < 4.78 is 0. The number of rotatable bonds is 1. The number of pyridine rings is 1. The van der Waals surface area contributed by atoms with E-state index < -0.39 is 5.60 Å². The molecule has 4 heteroatoms. The smallest absolute Gasteiger partial charge is 0.130 e. The lowest BCUT2D eigenvalue weighted by molar-refractivity contribution is 0.0775. The Labute approximate surface area is 112 Å². The monoisotopic (exact) mass is 255 g/mol. The summed E-state index contributed by atoms with van der Waals surface area (Å²) in [6.45, 7) is 1.93. The number of fused-ring (bicyclic) bond motifs is 1. The molecule has 0 amide bonds. The molecule has 1 aromatic heterocycles. The maximum absolute atomic E-state index is 11.1. The van der Waals surface area contributed by atoms with E-state index in [1.54, 1.807) is 6.20 Å². The molecule has 2 aromatic rings. The molecule has 0 saturated heterocycles. The van der Waals surface area contributed by atoms with Crippen molar-refractivity contribution in [2.24, 2.45) is 5.73 Å². The number of aromatic nitrogens is 1. The third-order valence-electron chi connectivity index (χ3n) is 3.92. The van der Waals surface area contributed by atoms with Gasteiger partial charge in [0.05, 0.1) is 0 Å². The molecule has 0 fully saturated rings. The van der Waals surface area contributed by atoms with Crippen LogP contribution in [-0.2, 0) is 5.60 Å². The third kappa shape index (κ3) is 1.64. The van der Waals surface area contributed by atoms with Crippen molar-refractivity contribution in [2.45, 2.75) is 25.0 Å². The van der Waals surface area contributed by atoms with E-state index in [1.807, 2.05) is 37.3 Å². The minimum absolute atomic E-state index is 0.180. The standard InChI is InChI=1S/C15H17N3O/c1-9-6-7-18-14(17)13(9)15(19)8-12(16)10-4-2-3-5-11(10)15/h2-7,12,19H,8,16H2,1H3,(H2,17,18). The quantitative estimate of drug-likeness (QED) is 0.722. The maximum Gasteiger partial charge on any atom is 0.130 e. The predicted octanol–water partition coefficient (Wildman–Crippen LogP) is 1.61. The second kappa shape index (κ2) is 4.05. The molecular weight excluding hydrogens is 238 g/mol. The van der Waals surface area contributed by atoms with Gasteiger partial charge in [0.25, 0.3) is 0 Å². The lowest BCUT2D eigenvalue weighted by Gasteiger charge is -2.27. The van der Waals surface area contributed by atoms with E-state index in [0.717, 1.165) is 16.7 Å². The summed E-state index contributed by atoms with van der Waals surface area (Å²) in [5, 5.41) is 11.1. The number of nitrogens with zero attached hydrogens (tertiary/aromatic N) is 1. The molecule has 2 atom stereocenters. The van der Waals surface area contributed by atoms with Gasteiger partial charge in [0.2, 0.25) is 0 Å². The summed E-state index contributed by atoms with van der Waals surface area (Å²) in [7, 11) is 0. The van der Waals surface area contributed by atoms with Gasteiger partial charge >= 0.3 is 0 Å². The van der Waals surface area contributed by atoms with Gasteiger partial charge in [0.15, 0.2) is 0 Å². The number of nitrogen functional groups attached to an aromatic ring is 1. The molecule has 1 aliphatic carbocycles. The molecule has 0 aliphatic heterocycles. The topological polar surface area (TPSA) is 85.2 Å². The lowest BCUT2D eigenvalue weighted by atomic mass is 9.85. The van der Waals surface area contributed by atoms with Crippen LogP contribution in [0.4, 0.5) is 5.82 Å². The van der Waals surface area contributed by atoms with E-state index in [0.29, 0.717) is 17.8 Å². The van der Waals surface area contributed by atoms with Crippen molar-refractivity contribution in [3.63, 3.8) is 0 Å². The van der Waals surface area contributed by atoms with Crippen molar-refractivity contribution in [1.82, 2.24) is 4.98 Å². The molecule has 1 heterocycles. The first-order chi connectivity index (χ1) is 9.04. The van der Waals surface area contributed by atoms with Gasteiger partial charge in [-0.2, -0.15) is 0 Å². The Hall–Kier alpha value is -1.91. The van der Waals surface area contributed by atoms with Crippen molar-refractivity contribution in [3.05, 3.63) is 58.8 Å². The highest BCUT2D eigenvalue weighted by Crippen LogP contribution is 2.48. The van der Waals surface area contributed by atoms with Crippen LogP contribution in [0.15, 0.2) is 36.5 Å². The van der Waals surface area contributed by atoms with Gasteiger partial charge in [-0.05, 0) is 29.7 Å². The highest BCUT2D eigenvalue weighted by molar-refractivity contribution is 5.56. The van der Waals surface area contributed by atoms with Crippen LogP contribution in [0.5, 0.6) is 0 Å². The Balaban J connectivity index is 2.26. The highest BCUT2D eigenvalue weighted by Gasteiger charge is 2.44. The van der Waals surface area contributed by atoms with Crippen LogP contribution in [-0.4, -0.2) is 10.1 Å². The fourth-order valence-corrected chi connectivity index (χ4v) is 3.09. The molecule has 1 aromatic carbocycles. The average Bonchev–Trinajstić information content (AvgIpc) is 2.63. The van der Waals surface area contributed by atoms with E-state index in [2.05, 4.69) is 4.98 Å². The summed E-state index contributed by atoms with van der Waals surface area (Å²) >= 11 is 0. The average molecular weight is 255 g/mol. The minimum Gasteiger partial charge on any atom is -0.383 e. The SMILES string of the molecule is Cc1ccnc(N)c1C1(O)CC(N)c2ccccc21. The Morgan fingerprint density at radius 3 is 2.79 bits per heavy atom. The number of benzene rings is 1. The third-order valence-corrected chi connectivity index (χ3v) is 3.92. The Morgan fingerprint density at radius 1 is 1.32 bits per heavy atom.